The van der Waals surface area contributed by atoms with Crippen LogP contribution in [-0.4, -0.2) is 18.4 Å². The van der Waals surface area contributed by atoms with E-state index in [0.717, 1.165) is 18.2 Å². The van der Waals surface area contributed by atoms with Gasteiger partial charge in [0.1, 0.15) is 0 Å². The summed E-state index contributed by atoms with van der Waals surface area (Å²) in [6.07, 6.45) is -2.02. The van der Waals surface area contributed by atoms with E-state index in [4.69, 9.17) is 0 Å². The van der Waals surface area contributed by atoms with Crippen molar-refractivity contribution < 1.29 is 21.6 Å². The number of rotatable bonds is 4. The number of halogens is 3. The van der Waals surface area contributed by atoms with E-state index >= 15 is 0 Å². The molecule has 2 aromatic rings. The molecule has 0 aliphatic heterocycles. The summed E-state index contributed by atoms with van der Waals surface area (Å²) >= 11 is 0. The van der Waals surface area contributed by atoms with Crippen molar-refractivity contribution in [3.8, 4) is 0 Å². The molecule has 2 rings (SSSR count). The molecule has 1 aromatic heterocycles. The second-order valence-corrected chi connectivity index (χ2v) is 5.63. The van der Waals surface area contributed by atoms with E-state index in [2.05, 4.69) is 14.7 Å². The van der Waals surface area contributed by atoms with Crippen LogP contribution in [0, 0.1) is 0 Å². The Balaban J connectivity index is 2.30. The highest BCUT2D eigenvalue weighted by atomic mass is 32.2. The third kappa shape index (κ3) is 3.17. The van der Waals surface area contributed by atoms with Crippen molar-refractivity contribution in [1.29, 1.82) is 0 Å². The van der Waals surface area contributed by atoms with Gasteiger partial charge < -0.3 is 4.98 Å². The summed E-state index contributed by atoms with van der Waals surface area (Å²) in [5, 5.41) is 0. The molecule has 0 fully saturated rings. The number of alkyl halides is 3. The van der Waals surface area contributed by atoms with Crippen molar-refractivity contribution in [2.45, 2.75) is 17.6 Å². The number of hydrogen-bond acceptors (Lipinski definition) is 3. The molecule has 0 unspecified atom stereocenters. The molecule has 0 atom stereocenters. The molecule has 0 radical (unpaired) electrons. The number of H-pyrrole nitrogens is 1. The number of hydrogen-bond donors (Lipinski definition) is 2. The van der Waals surface area contributed by atoms with Crippen LogP contribution in [0.2, 0.25) is 0 Å². The molecular formula is C11H10F3N3O2S. The minimum atomic E-state index is -4.74. The van der Waals surface area contributed by atoms with Gasteiger partial charge in [-0.25, -0.2) is 18.1 Å². The summed E-state index contributed by atoms with van der Waals surface area (Å²) in [7, 11) is -4.27. The molecule has 0 bridgehead atoms. The molecule has 0 spiro atoms. The minimum Gasteiger partial charge on any atom is -0.347 e. The van der Waals surface area contributed by atoms with Crippen LogP contribution in [0.4, 0.5) is 13.2 Å². The topological polar surface area (TPSA) is 74.8 Å². The first kappa shape index (κ1) is 14.5. The lowest BCUT2D eigenvalue weighted by Gasteiger charge is -2.13. The molecule has 5 nitrogen and oxygen atoms in total. The number of nitrogens with zero attached hydrogens (tertiary/aromatic N) is 1. The van der Waals surface area contributed by atoms with Gasteiger partial charge in [0.15, 0.2) is 0 Å². The molecule has 108 valence electrons. The van der Waals surface area contributed by atoms with Crippen molar-refractivity contribution in [2.24, 2.45) is 0 Å². The van der Waals surface area contributed by atoms with Crippen molar-refractivity contribution >= 4 is 10.0 Å². The monoisotopic (exact) mass is 305 g/mol. The molecule has 0 amide bonds. The fourth-order valence-electron chi connectivity index (χ4n) is 1.57. The zero-order valence-corrected chi connectivity index (χ0v) is 10.8. The fraction of sp³-hybridized carbons (Fsp3) is 0.182. The lowest BCUT2D eigenvalue weighted by atomic mass is 10.2. The molecule has 0 saturated carbocycles. The number of sulfonamides is 1. The Hall–Kier alpha value is -1.87. The van der Waals surface area contributed by atoms with E-state index < -0.39 is 26.7 Å². The standard InChI is InChI=1S/C11H10F3N3O2S/c12-11(13,14)9-3-1-2-4-10(9)20(18,19)17-6-8-5-15-7-16-8/h1-5,7,17H,6H2,(H,15,16). The van der Waals surface area contributed by atoms with Gasteiger partial charge in [-0.05, 0) is 12.1 Å². The highest BCUT2D eigenvalue weighted by Gasteiger charge is 2.36. The predicted molar refractivity (Wildman–Crippen MR) is 64.1 cm³/mol. The predicted octanol–water partition coefficient (Wildman–Crippen LogP) is 1.91. The van der Waals surface area contributed by atoms with Gasteiger partial charge in [-0.15, -0.1) is 0 Å². The Labute approximate surface area is 112 Å². The zero-order chi connectivity index (χ0) is 14.8. The van der Waals surface area contributed by atoms with Crippen molar-refractivity contribution in [2.75, 3.05) is 0 Å². The Kier molecular flexibility index (Phi) is 3.82. The molecule has 1 aromatic carbocycles. The maximum Gasteiger partial charge on any atom is 0.417 e. The van der Waals surface area contributed by atoms with E-state index in [9.17, 15) is 21.6 Å². The van der Waals surface area contributed by atoms with Crippen LogP contribution in [0.1, 0.15) is 11.3 Å². The average Bonchev–Trinajstić information content (AvgIpc) is 2.89. The van der Waals surface area contributed by atoms with E-state index in [1.807, 2.05) is 0 Å². The van der Waals surface area contributed by atoms with Crippen LogP contribution in [0.3, 0.4) is 0 Å². The Morgan fingerprint density at radius 3 is 2.55 bits per heavy atom. The molecular weight excluding hydrogens is 295 g/mol. The van der Waals surface area contributed by atoms with E-state index in [0.29, 0.717) is 5.69 Å². The third-order valence-corrected chi connectivity index (χ3v) is 3.95. The van der Waals surface area contributed by atoms with Gasteiger partial charge in [-0.2, -0.15) is 13.2 Å². The molecule has 0 saturated heterocycles. The number of nitrogens with one attached hydrogen (secondary N) is 2. The molecule has 0 aliphatic rings. The summed E-state index contributed by atoms with van der Waals surface area (Å²) in [4.78, 5) is 5.53. The number of aromatic nitrogens is 2. The molecule has 2 N–H and O–H groups in total. The van der Waals surface area contributed by atoms with Crippen LogP contribution >= 0.6 is 0 Å². The Morgan fingerprint density at radius 1 is 1.25 bits per heavy atom. The lowest BCUT2D eigenvalue weighted by Crippen LogP contribution is -2.26. The largest absolute Gasteiger partial charge is 0.417 e. The number of imidazole rings is 1. The molecule has 9 heteroatoms. The summed E-state index contributed by atoms with van der Waals surface area (Å²) in [6.45, 7) is -0.172. The van der Waals surface area contributed by atoms with Crippen LogP contribution < -0.4 is 4.72 Å². The first-order chi connectivity index (χ1) is 9.31. The third-order valence-electron chi connectivity index (χ3n) is 2.49. The zero-order valence-electron chi connectivity index (χ0n) is 9.98. The van der Waals surface area contributed by atoms with Gasteiger partial charge in [0.05, 0.1) is 23.3 Å². The van der Waals surface area contributed by atoms with Crippen LogP contribution in [0.25, 0.3) is 0 Å². The summed E-state index contributed by atoms with van der Waals surface area (Å²) < 4.78 is 64.3. The minimum absolute atomic E-state index is 0.172. The van der Waals surface area contributed by atoms with Gasteiger partial charge >= 0.3 is 6.18 Å². The lowest BCUT2D eigenvalue weighted by molar-refractivity contribution is -0.139. The van der Waals surface area contributed by atoms with Gasteiger partial charge in [-0.3, -0.25) is 0 Å². The smallest absolute Gasteiger partial charge is 0.347 e. The van der Waals surface area contributed by atoms with E-state index in [1.165, 1.54) is 18.6 Å². The van der Waals surface area contributed by atoms with Gasteiger partial charge in [0.2, 0.25) is 10.0 Å². The Morgan fingerprint density at radius 2 is 1.95 bits per heavy atom. The highest BCUT2D eigenvalue weighted by molar-refractivity contribution is 7.89. The van der Waals surface area contributed by atoms with Gasteiger partial charge in [0.25, 0.3) is 0 Å². The molecule has 1 heterocycles. The number of aromatic amines is 1. The van der Waals surface area contributed by atoms with Crippen molar-refractivity contribution in [3.63, 3.8) is 0 Å². The average molecular weight is 305 g/mol. The maximum atomic E-state index is 12.8. The van der Waals surface area contributed by atoms with Crippen molar-refractivity contribution in [1.82, 2.24) is 14.7 Å². The van der Waals surface area contributed by atoms with E-state index in [-0.39, 0.29) is 6.54 Å². The first-order valence-electron chi connectivity index (χ1n) is 5.44. The first-order valence-corrected chi connectivity index (χ1v) is 6.92. The number of benzene rings is 1. The normalized spacial score (nSPS) is 12.6. The van der Waals surface area contributed by atoms with Crippen LogP contribution in [0.15, 0.2) is 41.7 Å². The quantitative estimate of drug-likeness (QED) is 0.906. The maximum absolute atomic E-state index is 12.8. The molecule has 0 aliphatic carbocycles. The fourth-order valence-corrected chi connectivity index (χ4v) is 2.80. The summed E-state index contributed by atoms with van der Waals surface area (Å²) in [6, 6.07) is 4.01. The van der Waals surface area contributed by atoms with E-state index in [1.54, 1.807) is 0 Å². The highest BCUT2D eigenvalue weighted by Crippen LogP contribution is 2.33. The second kappa shape index (κ2) is 5.25. The summed E-state index contributed by atoms with van der Waals surface area (Å²) in [5.41, 5.74) is -0.754. The summed E-state index contributed by atoms with van der Waals surface area (Å²) in [5.74, 6) is 0. The van der Waals surface area contributed by atoms with Crippen molar-refractivity contribution in [3.05, 3.63) is 48.0 Å². The Bertz CT molecular complexity index is 681. The van der Waals surface area contributed by atoms with Crippen LogP contribution in [-0.2, 0) is 22.7 Å². The SMILES string of the molecule is O=S(=O)(NCc1cnc[nH]1)c1ccccc1C(F)(F)F. The van der Waals surface area contributed by atoms with Gasteiger partial charge in [-0.1, -0.05) is 12.1 Å². The van der Waals surface area contributed by atoms with Gasteiger partial charge in [0, 0.05) is 11.9 Å². The second-order valence-electron chi connectivity index (χ2n) is 3.90. The molecule has 20 heavy (non-hydrogen) atoms. The van der Waals surface area contributed by atoms with Crippen LogP contribution in [0.5, 0.6) is 0 Å².